The van der Waals surface area contributed by atoms with E-state index >= 15 is 0 Å². The van der Waals surface area contributed by atoms with Crippen molar-refractivity contribution in [2.75, 3.05) is 19.7 Å². The quantitative estimate of drug-likeness (QED) is 0.395. The predicted octanol–water partition coefficient (Wildman–Crippen LogP) is 4.51. The summed E-state index contributed by atoms with van der Waals surface area (Å²) in [4.78, 5) is 25.2. The molecule has 0 saturated carbocycles. The molecule has 0 bridgehead atoms. The Labute approximate surface area is 165 Å². The first-order chi connectivity index (χ1) is 12.1. The van der Waals surface area contributed by atoms with E-state index in [1.54, 1.807) is 4.90 Å². The number of rotatable bonds is 4. The van der Waals surface area contributed by atoms with Crippen LogP contribution in [0.2, 0.25) is 18.1 Å². The third-order valence-corrected chi connectivity index (χ3v) is 9.46. The first-order valence-corrected chi connectivity index (χ1v) is 12.5. The molecular weight excluding hydrogens is 362 g/mol. The van der Waals surface area contributed by atoms with Gasteiger partial charge in [-0.1, -0.05) is 20.8 Å². The van der Waals surface area contributed by atoms with Gasteiger partial charge in [-0.2, -0.15) is 0 Å². The third kappa shape index (κ3) is 7.66. The first kappa shape index (κ1) is 23.7. The number of piperidine rings is 1. The van der Waals surface area contributed by atoms with Crippen LogP contribution in [-0.4, -0.2) is 56.7 Å². The Hall–Kier alpha value is -1.34. The van der Waals surface area contributed by atoms with Gasteiger partial charge in [-0.15, -0.1) is 0 Å². The summed E-state index contributed by atoms with van der Waals surface area (Å²) in [6, 6.07) is 0. The summed E-state index contributed by atoms with van der Waals surface area (Å²) in [6.07, 6.45) is 2.18. The highest BCUT2D eigenvalue weighted by molar-refractivity contribution is 6.74. The Morgan fingerprint density at radius 1 is 1.19 bits per heavy atom. The molecule has 1 fully saturated rings. The lowest BCUT2D eigenvalue weighted by Crippen LogP contribution is -2.50. The zero-order valence-corrected chi connectivity index (χ0v) is 19.5. The number of esters is 1. The van der Waals surface area contributed by atoms with Gasteiger partial charge in [-0.3, -0.25) is 4.79 Å². The van der Waals surface area contributed by atoms with Crippen molar-refractivity contribution in [1.29, 1.82) is 0 Å². The van der Waals surface area contributed by atoms with E-state index in [2.05, 4.69) is 33.9 Å². The molecule has 6 nitrogen and oxygen atoms in total. The van der Waals surface area contributed by atoms with Gasteiger partial charge in [0, 0.05) is 20.0 Å². The van der Waals surface area contributed by atoms with Gasteiger partial charge in [-0.05, 0) is 57.0 Å². The molecule has 27 heavy (non-hydrogen) atoms. The Morgan fingerprint density at radius 3 is 2.26 bits per heavy atom. The number of hydrogen-bond acceptors (Lipinski definition) is 5. The summed E-state index contributed by atoms with van der Waals surface area (Å²) < 4.78 is 17.2. The fraction of sp³-hybridized carbons (Fsp3) is 0.800. The van der Waals surface area contributed by atoms with Gasteiger partial charge in [-0.25, -0.2) is 4.79 Å². The van der Waals surface area contributed by atoms with Gasteiger partial charge in [0.25, 0.3) is 0 Å². The van der Waals surface area contributed by atoms with Crippen LogP contribution < -0.4 is 0 Å². The lowest BCUT2D eigenvalue weighted by atomic mass is 10.0. The van der Waals surface area contributed by atoms with Crippen LogP contribution in [0, 0.1) is 0 Å². The van der Waals surface area contributed by atoms with E-state index in [4.69, 9.17) is 13.9 Å². The van der Waals surface area contributed by atoms with E-state index < -0.39 is 13.9 Å². The number of hydrogen-bond donors (Lipinski definition) is 0. The van der Waals surface area contributed by atoms with Gasteiger partial charge in [0.05, 0.1) is 6.10 Å². The number of ether oxygens (including phenoxy) is 2. The van der Waals surface area contributed by atoms with Crippen LogP contribution in [0.4, 0.5) is 4.79 Å². The van der Waals surface area contributed by atoms with Crippen molar-refractivity contribution in [3.05, 3.63) is 11.6 Å². The second-order valence-electron chi connectivity index (χ2n) is 9.64. The molecular formula is C20H37NO5Si. The smallest absolute Gasteiger partial charge is 0.410 e. The minimum atomic E-state index is -1.97. The fourth-order valence-electron chi connectivity index (χ4n) is 2.47. The molecule has 156 valence electrons. The number of carbonyl (C=O) groups excluding carboxylic acids is 2. The predicted molar refractivity (Wildman–Crippen MR) is 109 cm³/mol. The van der Waals surface area contributed by atoms with Gasteiger partial charge in [0.15, 0.2) is 8.32 Å². The lowest BCUT2D eigenvalue weighted by molar-refractivity contribution is -0.139. The Morgan fingerprint density at radius 2 is 1.78 bits per heavy atom. The number of amides is 1. The van der Waals surface area contributed by atoms with Crippen molar-refractivity contribution < 1.29 is 23.5 Å². The molecule has 1 amide bonds. The van der Waals surface area contributed by atoms with Crippen molar-refractivity contribution in [2.24, 2.45) is 0 Å². The summed E-state index contributed by atoms with van der Waals surface area (Å²) in [5, 5.41) is 0.0935. The van der Waals surface area contributed by atoms with E-state index in [1.165, 1.54) is 6.92 Å². The maximum atomic E-state index is 12.5. The average molecular weight is 400 g/mol. The second kappa shape index (κ2) is 8.77. The second-order valence-corrected chi connectivity index (χ2v) is 14.4. The summed E-state index contributed by atoms with van der Waals surface area (Å²) in [6.45, 7) is 19.2. The largest absolute Gasteiger partial charge is 0.462 e. The Kier molecular flexibility index (Phi) is 7.70. The van der Waals surface area contributed by atoms with Gasteiger partial charge < -0.3 is 18.8 Å². The Bertz CT molecular complexity index is 572. The molecule has 1 saturated heterocycles. The molecule has 1 aliphatic heterocycles. The molecule has 0 radical (unpaired) electrons. The molecule has 0 N–H and O–H groups in total. The van der Waals surface area contributed by atoms with Crippen LogP contribution in [0.3, 0.4) is 0 Å². The van der Waals surface area contributed by atoms with Crippen LogP contribution in [0.5, 0.6) is 0 Å². The SMILES string of the molecule is CC(=O)OC/C=C1/CN(C(=O)OC(C)(C)C)CCC1O[Si](C)(C)C(C)(C)C. The highest BCUT2D eigenvalue weighted by Gasteiger charge is 2.41. The van der Waals surface area contributed by atoms with Crippen LogP contribution in [0.25, 0.3) is 0 Å². The van der Waals surface area contributed by atoms with Crippen LogP contribution >= 0.6 is 0 Å². The van der Waals surface area contributed by atoms with E-state index in [0.29, 0.717) is 19.5 Å². The summed E-state index contributed by atoms with van der Waals surface area (Å²) in [5.74, 6) is -0.325. The topological polar surface area (TPSA) is 65.1 Å². The Balaban J connectivity index is 2.95. The van der Waals surface area contributed by atoms with E-state index in [9.17, 15) is 9.59 Å². The van der Waals surface area contributed by atoms with E-state index in [0.717, 1.165) is 5.57 Å². The highest BCUT2D eigenvalue weighted by Crippen LogP contribution is 2.39. The van der Waals surface area contributed by atoms with E-state index in [1.807, 2.05) is 26.8 Å². The fourth-order valence-corrected chi connectivity index (χ4v) is 3.81. The minimum absolute atomic E-state index is 0.0693. The summed E-state index contributed by atoms with van der Waals surface area (Å²) >= 11 is 0. The molecule has 0 spiro atoms. The molecule has 1 heterocycles. The first-order valence-electron chi connectivity index (χ1n) is 9.60. The molecule has 0 aliphatic carbocycles. The molecule has 1 unspecified atom stereocenters. The number of nitrogens with zero attached hydrogens (tertiary/aromatic N) is 1. The zero-order chi connectivity index (χ0) is 21.0. The van der Waals surface area contributed by atoms with E-state index in [-0.39, 0.29) is 29.8 Å². The molecule has 1 rings (SSSR count). The monoisotopic (exact) mass is 399 g/mol. The maximum Gasteiger partial charge on any atom is 0.410 e. The van der Waals surface area contributed by atoms with Gasteiger partial charge in [0.2, 0.25) is 0 Å². The van der Waals surface area contributed by atoms with Gasteiger partial charge in [0.1, 0.15) is 12.2 Å². The summed E-state index contributed by atoms with van der Waals surface area (Å²) in [5.41, 5.74) is 0.436. The van der Waals surface area contributed by atoms with Crippen molar-refractivity contribution in [3.63, 3.8) is 0 Å². The standard InChI is InChI=1S/C20H37NO5Si/c1-15(22)24-13-11-16-14-21(18(23)25-19(2,3)4)12-10-17(16)26-27(8,9)20(5,6)7/h11,17H,10,12-14H2,1-9H3/b16-11-. The van der Waals surface area contributed by atoms with Crippen molar-refractivity contribution in [2.45, 2.75) is 84.7 Å². The maximum absolute atomic E-state index is 12.5. The molecule has 0 aromatic carbocycles. The van der Waals surface area contributed by atoms with Crippen molar-refractivity contribution in [1.82, 2.24) is 4.90 Å². The molecule has 1 atom stereocenters. The summed E-state index contributed by atoms with van der Waals surface area (Å²) in [7, 11) is -1.97. The van der Waals surface area contributed by atoms with Crippen molar-refractivity contribution in [3.8, 4) is 0 Å². The number of likely N-dealkylation sites (tertiary alicyclic amines) is 1. The van der Waals surface area contributed by atoms with Crippen LogP contribution in [0.1, 0.15) is 54.9 Å². The molecule has 0 aromatic heterocycles. The molecule has 0 aromatic rings. The molecule has 1 aliphatic rings. The third-order valence-electron chi connectivity index (χ3n) is 4.98. The van der Waals surface area contributed by atoms with Gasteiger partial charge >= 0.3 is 12.1 Å². The minimum Gasteiger partial charge on any atom is -0.462 e. The zero-order valence-electron chi connectivity index (χ0n) is 18.5. The lowest BCUT2D eigenvalue weighted by Gasteiger charge is -2.43. The molecule has 7 heteroatoms. The van der Waals surface area contributed by atoms with Crippen LogP contribution in [0.15, 0.2) is 11.6 Å². The number of carbonyl (C=O) groups is 2. The normalized spacial score (nSPS) is 20.6. The van der Waals surface area contributed by atoms with Crippen molar-refractivity contribution >= 4 is 20.4 Å². The van der Waals surface area contributed by atoms with Crippen LogP contribution in [-0.2, 0) is 18.7 Å². The highest BCUT2D eigenvalue weighted by atomic mass is 28.4. The average Bonchev–Trinajstić information content (AvgIpc) is 2.45.